The lowest BCUT2D eigenvalue weighted by Crippen LogP contribution is -2.25. The van der Waals surface area contributed by atoms with E-state index in [1.54, 1.807) is 23.6 Å². The lowest BCUT2D eigenvalue weighted by molar-refractivity contribution is 0.0954. The van der Waals surface area contributed by atoms with E-state index in [0.29, 0.717) is 18.5 Å². The van der Waals surface area contributed by atoms with Gasteiger partial charge in [-0.15, -0.1) is 11.3 Å². The summed E-state index contributed by atoms with van der Waals surface area (Å²) < 4.78 is 12.8. The van der Waals surface area contributed by atoms with Gasteiger partial charge in [0.2, 0.25) is 0 Å². The fourth-order valence-electron chi connectivity index (χ4n) is 1.72. The Morgan fingerprint density at radius 2 is 2.10 bits per heavy atom. The number of halogens is 1. The second-order valence-electron chi connectivity index (χ2n) is 4.29. The van der Waals surface area contributed by atoms with Gasteiger partial charge in [-0.3, -0.25) is 4.79 Å². The molecule has 1 aromatic carbocycles. The molecule has 1 aromatic heterocycles. The number of hydrogen-bond donors (Lipinski definition) is 2. The molecule has 0 unspecified atom stereocenters. The van der Waals surface area contributed by atoms with E-state index in [4.69, 9.17) is 5.11 Å². The van der Waals surface area contributed by atoms with Crippen LogP contribution in [-0.4, -0.2) is 24.2 Å². The minimum absolute atomic E-state index is 0.162. The molecule has 0 saturated heterocycles. The predicted molar refractivity (Wildman–Crippen MR) is 80.7 cm³/mol. The van der Waals surface area contributed by atoms with Gasteiger partial charge in [0.25, 0.3) is 5.91 Å². The maximum atomic E-state index is 12.8. The molecule has 0 aliphatic carbocycles. The van der Waals surface area contributed by atoms with Crippen LogP contribution in [0.4, 0.5) is 4.39 Å². The van der Waals surface area contributed by atoms with Gasteiger partial charge in [-0.1, -0.05) is 24.0 Å². The van der Waals surface area contributed by atoms with Gasteiger partial charge in [-0.25, -0.2) is 4.39 Å². The van der Waals surface area contributed by atoms with Gasteiger partial charge >= 0.3 is 0 Å². The molecule has 21 heavy (non-hydrogen) atoms. The lowest BCUT2D eigenvalue weighted by atomic mass is 10.1. The number of hydrogen-bond acceptors (Lipinski definition) is 3. The minimum Gasteiger partial charge on any atom is -0.384 e. The van der Waals surface area contributed by atoms with Gasteiger partial charge in [0.1, 0.15) is 12.4 Å². The smallest absolute Gasteiger partial charge is 0.252 e. The average molecular weight is 303 g/mol. The third kappa shape index (κ3) is 4.71. The number of amides is 1. The molecule has 0 bridgehead atoms. The SMILES string of the molecule is O=C(NCCc1ccc(F)cc1)c1csc(C#CCO)c1. The van der Waals surface area contributed by atoms with Crippen LogP contribution in [0.3, 0.4) is 0 Å². The van der Waals surface area contributed by atoms with E-state index in [0.717, 1.165) is 10.4 Å². The molecule has 0 aliphatic heterocycles. The largest absolute Gasteiger partial charge is 0.384 e. The highest BCUT2D eigenvalue weighted by atomic mass is 32.1. The molecule has 0 saturated carbocycles. The van der Waals surface area contributed by atoms with E-state index in [-0.39, 0.29) is 18.3 Å². The summed E-state index contributed by atoms with van der Waals surface area (Å²) >= 11 is 1.36. The number of carbonyl (C=O) groups is 1. The van der Waals surface area contributed by atoms with Crippen molar-refractivity contribution in [2.24, 2.45) is 0 Å². The molecule has 2 rings (SSSR count). The molecule has 2 N–H and O–H groups in total. The quantitative estimate of drug-likeness (QED) is 0.851. The summed E-state index contributed by atoms with van der Waals surface area (Å²) in [5.41, 5.74) is 1.53. The van der Waals surface area contributed by atoms with E-state index < -0.39 is 0 Å². The van der Waals surface area contributed by atoms with E-state index in [9.17, 15) is 9.18 Å². The van der Waals surface area contributed by atoms with Crippen molar-refractivity contribution >= 4 is 17.2 Å². The Morgan fingerprint density at radius 3 is 2.81 bits per heavy atom. The number of aliphatic hydroxyl groups excluding tert-OH is 1. The van der Waals surface area contributed by atoms with E-state index in [1.165, 1.54) is 23.5 Å². The van der Waals surface area contributed by atoms with Gasteiger partial charge in [0.15, 0.2) is 0 Å². The third-order valence-corrected chi connectivity index (χ3v) is 3.61. The topological polar surface area (TPSA) is 49.3 Å². The molecule has 0 atom stereocenters. The molecule has 3 nitrogen and oxygen atoms in total. The number of rotatable bonds is 4. The number of aliphatic hydroxyl groups is 1. The Hall–Kier alpha value is -2.16. The molecule has 108 valence electrons. The van der Waals surface area contributed by atoms with Crippen molar-refractivity contribution in [3.05, 3.63) is 57.5 Å². The Labute approximate surface area is 126 Å². The summed E-state index contributed by atoms with van der Waals surface area (Å²) in [6, 6.07) is 7.91. The summed E-state index contributed by atoms with van der Waals surface area (Å²) in [5.74, 6) is 4.87. The molecular formula is C16H14FNO2S. The maximum absolute atomic E-state index is 12.8. The minimum atomic E-state index is -0.266. The van der Waals surface area contributed by atoms with Crippen molar-refractivity contribution in [1.82, 2.24) is 5.32 Å². The second kappa shape index (κ2) is 7.58. The molecular weight excluding hydrogens is 289 g/mol. The van der Waals surface area contributed by atoms with Crippen LogP contribution >= 0.6 is 11.3 Å². The third-order valence-electron chi connectivity index (χ3n) is 2.76. The Morgan fingerprint density at radius 1 is 1.33 bits per heavy atom. The fourth-order valence-corrected chi connectivity index (χ4v) is 2.48. The summed E-state index contributed by atoms with van der Waals surface area (Å²) in [4.78, 5) is 12.7. The van der Waals surface area contributed by atoms with Crippen LogP contribution in [0.25, 0.3) is 0 Å². The maximum Gasteiger partial charge on any atom is 0.252 e. The van der Waals surface area contributed by atoms with Gasteiger partial charge in [-0.2, -0.15) is 0 Å². The van der Waals surface area contributed by atoms with Crippen molar-refractivity contribution in [1.29, 1.82) is 0 Å². The summed E-state index contributed by atoms with van der Waals surface area (Å²) in [6.45, 7) is 0.287. The highest BCUT2D eigenvalue weighted by molar-refractivity contribution is 7.10. The van der Waals surface area contributed by atoms with E-state index in [1.807, 2.05) is 0 Å². The number of benzene rings is 1. The summed E-state index contributed by atoms with van der Waals surface area (Å²) in [7, 11) is 0. The number of thiophene rings is 1. The van der Waals surface area contributed by atoms with Gasteiger partial charge < -0.3 is 10.4 Å². The molecule has 2 aromatic rings. The van der Waals surface area contributed by atoms with Gasteiger partial charge in [0, 0.05) is 11.9 Å². The highest BCUT2D eigenvalue weighted by Crippen LogP contribution is 2.13. The fraction of sp³-hybridized carbons (Fsp3) is 0.188. The first-order valence-corrected chi connectivity index (χ1v) is 7.28. The van der Waals surface area contributed by atoms with Gasteiger partial charge in [-0.05, 0) is 30.2 Å². The first-order valence-electron chi connectivity index (χ1n) is 6.40. The Balaban J connectivity index is 1.84. The number of carbonyl (C=O) groups excluding carboxylic acids is 1. The zero-order valence-electron chi connectivity index (χ0n) is 11.2. The zero-order valence-corrected chi connectivity index (χ0v) is 12.0. The van der Waals surface area contributed by atoms with E-state index >= 15 is 0 Å². The molecule has 0 radical (unpaired) electrons. The van der Waals surface area contributed by atoms with Crippen LogP contribution in [0.15, 0.2) is 35.7 Å². The van der Waals surface area contributed by atoms with Crippen LogP contribution in [-0.2, 0) is 6.42 Å². The Kier molecular flexibility index (Phi) is 5.50. The molecule has 5 heteroatoms. The zero-order chi connectivity index (χ0) is 15.1. The first kappa shape index (κ1) is 15.2. The molecule has 0 fully saturated rings. The Bertz CT molecular complexity index is 668. The van der Waals surface area contributed by atoms with Crippen LogP contribution < -0.4 is 5.32 Å². The van der Waals surface area contributed by atoms with Gasteiger partial charge in [0.05, 0.1) is 10.4 Å². The van der Waals surface area contributed by atoms with Crippen molar-refractivity contribution in [3.63, 3.8) is 0 Å². The molecule has 0 aliphatic rings. The predicted octanol–water partition coefficient (Wildman–Crippen LogP) is 2.20. The highest BCUT2D eigenvalue weighted by Gasteiger charge is 2.07. The van der Waals surface area contributed by atoms with Crippen LogP contribution in [0, 0.1) is 17.7 Å². The van der Waals surface area contributed by atoms with Crippen molar-refractivity contribution < 1.29 is 14.3 Å². The first-order chi connectivity index (χ1) is 10.2. The lowest BCUT2D eigenvalue weighted by Gasteiger charge is -2.04. The molecule has 0 spiro atoms. The summed E-state index contributed by atoms with van der Waals surface area (Å²) in [5, 5.41) is 13.2. The number of nitrogens with one attached hydrogen (secondary N) is 1. The van der Waals surface area contributed by atoms with Crippen molar-refractivity contribution in [3.8, 4) is 11.8 Å². The van der Waals surface area contributed by atoms with Crippen LogP contribution in [0.2, 0.25) is 0 Å². The van der Waals surface area contributed by atoms with E-state index in [2.05, 4.69) is 17.2 Å². The van der Waals surface area contributed by atoms with Crippen molar-refractivity contribution in [2.45, 2.75) is 6.42 Å². The molecule has 1 heterocycles. The normalized spacial score (nSPS) is 9.81. The average Bonchev–Trinajstić information content (AvgIpc) is 2.96. The standard InChI is InChI=1S/C16H14FNO2S/c17-14-5-3-12(4-6-14)7-8-18-16(20)13-10-15(21-11-13)2-1-9-19/h3-6,10-11,19H,7-9H2,(H,18,20). The van der Waals surface area contributed by atoms with Crippen LogP contribution in [0.1, 0.15) is 20.8 Å². The molecule has 1 amide bonds. The van der Waals surface area contributed by atoms with Crippen molar-refractivity contribution in [2.75, 3.05) is 13.2 Å². The monoisotopic (exact) mass is 303 g/mol. The second-order valence-corrected chi connectivity index (χ2v) is 5.20. The summed E-state index contributed by atoms with van der Waals surface area (Å²) in [6.07, 6.45) is 0.646. The van der Waals surface area contributed by atoms with Crippen LogP contribution in [0.5, 0.6) is 0 Å².